The molecule has 0 fully saturated rings. The van der Waals surface area contributed by atoms with Crippen LogP contribution in [0.3, 0.4) is 0 Å². The molecule has 0 aromatic rings. The summed E-state index contributed by atoms with van der Waals surface area (Å²) >= 11 is 0. The highest BCUT2D eigenvalue weighted by Crippen LogP contribution is 2.12. The minimum atomic E-state index is -0.511. The van der Waals surface area contributed by atoms with Crippen LogP contribution in [0.5, 0.6) is 0 Å². The summed E-state index contributed by atoms with van der Waals surface area (Å²) in [6.07, 6.45) is 5.84. The Labute approximate surface area is 99.7 Å². The van der Waals surface area contributed by atoms with Crippen LogP contribution in [0.15, 0.2) is 0 Å². The Kier molecular flexibility index (Phi) is 8.26. The Morgan fingerprint density at radius 2 is 1.62 bits per heavy atom. The summed E-state index contributed by atoms with van der Waals surface area (Å²) in [7, 11) is 0. The van der Waals surface area contributed by atoms with Crippen molar-refractivity contribution in [3.8, 4) is 0 Å². The molecule has 0 heterocycles. The second-order valence-electron chi connectivity index (χ2n) is 5.07. The Bertz CT molecular complexity index is 190. The van der Waals surface area contributed by atoms with Crippen molar-refractivity contribution in [1.29, 1.82) is 0 Å². The SMILES string of the molecule is CC(C)CCCCCC(C)OC(=O)C(C)N. The van der Waals surface area contributed by atoms with Gasteiger partial charge in [-0.15, -0.1) is 0 Å². The van der Waals surface area contributed by atoms with Crippen LogP contribution in [0.1, 0.15) is 59.8 Å². The summed E-state index contributed by atoms with van der Waals surface area (Å²) in [5, 5.41) is 0. The maximum atomic E-state index is 11.2. The van der Waals surface area contributed by atoms with E-state index in [9.17, 15) is 4.79 Å². The van der Waals surface area contributed by atoms with E-state index in [1.54, 1.807) is 6.92 Å². The van der Waals surface area contributed by atoms with Gasteiger partial charge in [-0.2, -0.15) is 0 Å². The fourth-order valence-electron chi connectivity index (χ4n) is 1.53. The molecule has 0 aliphatic carbocycles. The molecule has 0 aliphatic rings. The summed E-state index contributed by atoms with van der Waals surface area (Å²) in [6.45, 7) is 8.07. The summed E-state index contributed by atoms with van der Waals surface area (Å²) < 4.78 is 5.18. The number of hydrogen-bond acceptors (Lipinski definition) is 3. The number of unbranched alkanes of at least 4 members (excludes halogenated alkanes) is 2. The average molecular weight is 229 g/mol. The molecule has 2 atom stereocenters. The van der Waals surface area contributed by atoms with E-state index >= 15 is 0 Å². The number of rotatable bonds is 8. The number of carbonyl (C=O) groups excluding carboxylic acids is 1. The van der Waals surface area contributed by atoms with Gasteiger partial charge in [0.25, 0.3) is 0 Å². The molecular weight excluding hydrogens is 202 g/mol. The smallest absolute Gasteiger partial charge is 0.322 e. The first-order valence-corrected chi connectivity index (χ1v) is 6.39. The van der Waals surface area contributed by atoms with E-state index in [2.05, 4.69) is 13.8 Å². The Balaban J connectivity index is 3.44. The molecule has 0 saturated carbocycles. The molecule has 96 valence electrons. The highest BCUT2D eigenvalue weighted by molar-refractivity contribution is 5.75. The first-order valence-electron chi connectivity index (χ1n) is 6.39. The van der Waals surface area contributed by atoms with Gasteiger partial charge in [0.15, 0.2) is 0 Å². The van der Waals surface area contributed by atoms with Gasteiger partial charge in [-0.1, -0.05) is 33.1 Å². The fraction of sp³-hybridized carbons (Fsp3) is 0.923. The molecule has 0 rings (SSSR count). The fourth-order valence-corrected chi connectivity index (χ4v) is 1.53. The Hall–Kier alpha value is -0.570. The van der Waals surface area contributed by atoms with E-state index < -0.39 is 6.04 Å². The van der Waals surface area contributed by atoms with Crippen molar-refractivity contribution in [2.24, 2.45) is 11.7 Å². The number of hydrogen-bond donors (Lipinski definition) is 1. The first kappa shape index (κ1) is 15.4. The van der Waals surface area contributed by atoms with Gasteiger partial charge in [0.05, 0.1) is 6.10 Å². The third-order valence-corrected chi connectivity index (χ3v) is 2.58. The lowest BCUT2D eigenvalue weighted by Crippen LogP contribution is -2.31. The van der Waals surface area contributed by atoms with Crippen LogP contribution in [0.2, 0.25) is 0 Å². The van der Waals surface area contributed by atoms with E-state index in [1.807, 2.05) is 6.92 Å². The topological polar surface area (TPSA) is 52.3 Å². The molecule has 3 heteroatoms. The minimum absolute atomic E-state index is 0.00227. The van der Waals surface area contributed by atoms with Gasteiger partial charge in [-0.3, -0.25) is 4.79 Å². The van der Waals surface area contributed by atoms with Crippen molar-refractivity contribution in [2.75, 3.05) is 0 Å². The summed E-state index contributed by atoms with van der Waals surface area (Å²) in [5.41, 5.74) is 5.42. The number of nitrogens with two attached hydrogens (primary N) is 1. The van der Waals surface area contributed by atoms with Crippen LogP contribution in [-0.2, 0) is 9.53 Å². The van der Waals surface area contributed by atoms with Crippen LogP contribution in [0.4, 0.5) is 0 Å². The lowest BCUT2D eigenvalue weighted by atomic mass is 10.0. The molecule has 0 aliphatic heterocycles. The van der Waals surface area contributed by atoms with Gasteiger partial charge >= 0.3 is 5.97 Å². The molecule has 0 radical (unpaired) electrons. The summed E-state index contributed by atoms with van der Waals surface area (Å²) in [4.78, 5) is 11.2. The summed E-state index contributed by atoms with van der Waals surface area (Å²) in [6, 6.07) is -0.511. The lowest BCUT2D eigenvalue weighted by molar-refractivity contribution is -0.149. The number of carbonyl (C=O) groups is 1. The summed E-state index contributed by atoms with van der Waals surface area (Å²) in [5.74, 6) is 0.489. The zero-order valence-electron chi connectivity index (χ0n) is 11.2. The second-order valence-corrected chi connectivity index (χ2v) is 5.07. The van der Waals surface area contributed by atoms with Gasteiger partial charge in [0.2, 0.25) is 0 Å². The molecule has 2 N–H and O–H groups in total. The standard InChI is InChI=1S/C13H27NO2/c1-10(2)8-6-5-7-9-11(3)16-13(15)12(4)14/h10-12H,5-9,14H2,1-4H3. The molecule has 0 aromatic heterocycles. The Morgan fingerprint density at radius 3 is 2.12 bits per heavy atom. The van der Waals surface area contributed by atoms with E-state index in [0.717, 1.165) is 18.8 Å². The normalized spacial score (nSPS) is 14.9. The monoisotopic (exact) mass is 229 g/mol. The van der Waals surface area contributed by atoms with Crippen LogP contribution in [0.25, 0.3) is 0 Å². The molecule has 2 unspecified atom stereocenters. The van der Waals surface area contributed by atoms with Gasteiger partial charge in [-0.05, 0) is 32.6 Å². The van der Waals surface area contributed by atoms with Crippen molar-refractivity contribution in [2.45, 2.75) is 71.9 Å². The van der Waals surface area contributed by atoms with E-state index in [1.165, 1.54) is 19.3 Å². The second kappa shape index (κ2) is 8.57. The van der Waals surface area contributed by atoms with E-state index in [4.69, 9.17) is 10.5 Å². The third-order valence-electron chi connectivity index (χ3n) is 2.58. The Morgan fingerprint density at radius 1 is 1.06 bits per heavy atom. The van der Waals surface area contributed by atoms with Gasteiger partial charge in [-0.25, -0.2) is 0 Å². The third kappa shape index (κ3) is 8.72. The molecule has 0 amide bonds. The molecule has 0 bridgehead atoms. The van der Waals surface area contributed by atoms with Crippen LogP contribution < -0.4 is 5.73 Å². The first-order chi connectivity index (χ1) is 7.43. The van der Waals surface area contributed by atoms with Crippen molar-refractivity contribution in [1.82, 2.24) is 0 Å². The molecule has 0 aromatic carbocycles. The van der Waals surface area contributed by atoms with Crippen LogP contribution in [0, 0.1) is 5.92 Å². The number of ether oxygens (including phenoxy) is 1. The molecule has 16 heavy (non-hydrogen) atoms. The predicted octanol–water partition coefficient (Wildman–Crippen LogP) is 2.87. The lowest BCUT2D eigenvalue weighted by Gasteiger charge is -2.14. The minimum Gasteiger partial charge on any atom is -0.462 e. The number of esters is 1. The zero-order valence-corrected chi connectivity index (χ0v) is 11.2. The molecule has 3 nitrogen and oxygen atoms in total. The predicted molar refractivity (Wildman–Crippen MR) is 67.1 cm³/mol. The quantitative estimate of drug-likeness (QED) is 0.514. The van der Waals surface area contributed by atoms with Crippen molar-refractivity contribution < 1.29 is 9.53 Å². The zero-order chi connectivity index (χ0) is 12.6. The molecular formula is C13H27NO2. The highest BCUT2D eigenvalue weighted by atomic mass is 16.5. The average Bonchev–Trinajstić information content (AvgIpc) is 2.16. The van der Waals surface area contributed by atoms with Crippen molar-refractivity contribution in [3.63, 3.8) is 0 Å². The van der Waals surface area contributed by atoms with Gasteiger partial charge < -0.3 is 10.5 Å². The highest BCUT2D eigenvalue weighted by Gasteiger charge is 2.12. The van der Waals surface area contributed by atoms with E-state index in [-0.39, 0.29) is 12.1 Å². The van der Waals surface area contributed by atoms with Crippen molar-refractivity contribution >= 4 is 5.97 Å². The maximum Gasteiger partial charge on any atom is 0.322 e. The van der Waals surface area contributed by atoms with Crippen molar-refractivity contribution in [3.05, 3.63) is 0 Å². The van der Waals surface area contributed by atoms with E-state index in [0.29, 0.717) is 0 Å². The van der Waals surface area contributed by atoms with Crippen LogP contribution >= 0.6 is 0 Å². The largest absolute Gasteiger partial charge is 0.462 e. The van der Waals surface area contributed by atoms with Gasteiger partial charge in [0, 0.05) is 0 Å². The molecule has 0 saturated heterocycles. The van der Waals surface area contributed by atoms with Crippen LogP contribution in [-0.4, -0.2) is 18.1 Å². The molecule has 0 spiro atoms. The van der Waals surface area contributed by atoms with Gasteiger partial charge in [0.1, 0.15) is 6.04 Å². The maximum absolute atomic E-state index is 11.2.